The summed E-state index contributed by atoms with van der Waals surface area (Å²) in [5.74, 6) is 0.101. The molecule has 5 rings (SSSR count). The van der Waals surface area contributed by atoms with Gasteiger partial charge in [0.05, 0.1) is 17.7 Å². The number of rotatable bonds is 4. The molecule has 29 heavy (non-hydrogen) atoms. The Morgan fingerprint density at radius 2 is 1.97 bits per heavy atom. The van der Waals surface area contributed by atoms with Gasteiger partial charge in [0.25, 0.3) is 0 Å². The second-order valence-electron chi connectivity index (χ2n) is 6.79. The monoisotopic (exact) mass is 406 g/mol. The highest BCUT2D eigenvalue weighted by atomic mass is 35.5. The molecule has 0 bridgehead atoms. The van der Waals surface area contributed by atoms with Crippen LogP contribution in [-0.4, -0.2) is 32.5 Å². The highest BCUT2D eigenvalue weighted by Gasteiger charge is 2.26. The van der Waals surface area contributed by atoms with Crippen molar-refractivity contribution in [1.82, 2.24) is 19.9 Å². The van der Waals surface area contributed by atoms with Crippen molar-refractivity contribution in [3.63, 3.8) is 0 Å². The molecule has 2 aromatic heterocycles. The maximum absolute atomic E-state index is 14.6. The maximum atomic E-state index is 14.6. The third-order valence-electron chi connectivity index (χ3n) is 5.06. The maximum Gasteiger partial charge on any atom is 0.182 e. The van der Waals surface area contributed by atoms with Gasteiger partial charge in [-0.25, -0.2) is 19.3 Å². The molecular formula is C21H16ClFN6. The van der Waals surface area contributed by atoms with Gasteiger partial charge in [0.1, 0.15) is 17.7 Å². The van der Waals surface area contributed by atoms with Gasteiger partial charge in [-0.15, -0.1) is 0 Å². The Kier molecular flexibility index (Phi) is 4.44. The lowest BCUT2D eigenvalue weighted by molar-refractivity contribution is 0.565. The van der Waals surface area contributed by atoms with Crippen molar-refractivity contribution in [1.29, 1.82) is 0 Å². The van der Waals surface area contributed by atoms with Gasteiger partial charge in [-0.1, -0.05) is 41.9 Å². The fourth-order valence-corrected chi connectivity index (χ4v) is 3.90. The molecule has 8 heteroatoms. The molecule has 0 radical (unpaired) electrons. The van der Waals surface area contributed by atoms with E-state index in [2.05, 4.69) is 25.3 Å². The normalized spacial score (nSPS) is 18.0. The molecule has 2 unspecified atom stereocenters. The largest absolute Gasteiger partial charge is 0.366 e. The molecule has 0 aliphatic carbocycles. The highest BCUT2D eigenvalue weighted by Crippen LogP contribution is 2.28. The van der Waals surface area contributed by atoms with Crippen LogP contribution in [-0.2, 0) is 0 Å². The smallest absolute Gasteiger partial charge is 0.182 e. The number of aromatic amines is 1. The Bertz CT molecular complexity index is 1320. The molecule has 2 atom stereocenters. The molecule has 3 heterocycles. The average molecular weight is 407 g/mol. The molecule has 1 aliphatic rings. The molecule has 1 aliphatic heterocycles. The topological polar surface area (TPSA) is 78.8 Å². The van der Waals surface area contributed by atoms with Gasteiger partial charge < -0.3 is 10.3 Å². The van der Waals surface area contributed by atoms with Gasteiger partial charge in [0, 0.05) is 22.7 Å². The predicted molar refractivity (Wildman–Crippen MR) is 110 cm³/mol. The van der Waals surface area contributed by atoms with E-state index in [-0.39, 0.29) is 17.8 Å². The number of hydrogen-bond donors (Lipinski definition) is 2. The molecule has 0 saturated carbocycles. The minimum absolute atomic E-state index is 0.245. The Morgan fingerprint density at radius 3 is 2.86 bits per heavy atom. The number of benzene rings is 2. The van der Waals surface area contributed by atoms with Crippen molar-refractivity contribution in [2.45, 2.75) is 12.0 Å². The standard InChI is InChI=1S/C21H16ClFN6/c22-15-5-3-7-17-14(15)8-13(12-4-1-2-6-16(12)23)18(29-17)9-24-20-19-21(26-10-25-19)28-11-27-20/h1-8,10-11,13,18H,9H2,(H2,24,25,26,27,28). The zero-order valence-corrected chi connectivity index (χ0v) is 15.9. The molecule has 0 saturated heterocycles. The molecule has 2 aromatic carbocycles. The van der Waals surface area contributed by atoms with Crippen molar-refractivity contribution >= 4 is 34.7 Å². The quantitative estimate of drug-likeness (QED) is 0.546. The number of nitrogens with zero attached hydrogens (tertiary/aromatic N) is 4. The summed E-state index contributed by atoms with van der Waals surface area (Å²) in [4.78, 5) is 20.5. The van der Waals surface area contributed by atoms with E-state index < -0.39 is 0 Å². The molecule has 2 N–H and O–H groups in total. The van der Waals surface area contributed by atoms with Crippen molar-refractivity contribution in [2.24, 2.45) is 4.99 Å². The zero-order chi connectivity index (χ0) is 19.8. The number of aromatic nitrogens is 4. The molecule has 4 aromatic rings. The first-order valence-electron chi connectivity index (χ1n) is 9.17. The highest BCUT2D eigenvalue weighted by molar-refractivity contribution is 6.30. The van der Waals surface area contributed by atoms with Crippen molar-refractivity contribution in [2.75, 3.05) is 11.9 Å². The van der Waals surface area contributed by atoms with E-state index in [1.807, 2.05) is 30.3 Å². The number of H-pyrrole nitrogens is 1. The van der Waals surface area contributed by atoms with Gasteiger partial charge in [0.15, 0.2) is 11.5 Å². The molecule has 144 valence electrons. The third-order valence-corrected chi connectivity index (χ3v) is 5.39. The summed E-state index contributed by atoms with van der Waals surface area (Å²) in [6, 6.07) is 12.1. The lowest BCUT2D eigenvalue weighted by Crippen LogP contribution is -2.38. The van der Waals surface area contributed by atoms with Crippen LogP contribution < -0.4 is 15.9 Å². The Labute approximate surface area is 170 Å². The second-order valence-corrected chi connectivity index (χ2v) is 7.19. The summed E-state index contributed by atoms with van der Waals surface area (Å²) < 4.78 is 14.6. The van der Waals surface area contributed by atoms with E-state index in [0.29, 0.717) is 28.6 Å². The third kappa shape index (κ3) is 3.23. The summed E-state index contributed by atoms with van der Waals surface area (Å²) in [6.45, 7) is 0.451. The lowest BCUT2D eigenvalue weighted by Gasteiger charge is -2.25. The summed E-state index contributed by atoms with van der Waals surface area (Å²) >= 11 is 6.38. The van der Waals surface area contributed by atoms with E-state index >= 15 is 0 Å². The molecule has 0 amide bonds. The van der Waals surface area contributed by atoms with Gasteiger partial charge in [-0.3, -0.25) is 4.99 Å². The van der Waals surface area contributed by atoms with Gasteiger partial charge in [0.2, 0.25) is 0 Å². The summed E-state index contributed by atoms with van der Waals surface area (Å²) in [5.41, 5.74) is 1.89. The van der Waals surface area contributed by atoms with Crippen LogP contribution in [0, 0.1) is 5.82 Å². The number of halogens is 2. The Morgan fingerprint density at radius 1 is 1.07 bits per heavy atom. The van der Waals surface area contributed by atoms with Crippen LogP contribution in [0.2, 0.25) is 5.02 Å². The summed E-state index contributed by atoms with van der Waals surface area (Å²) in [6.07, 6.45) is 5.03. The van der Waals surface area contributed by atoms with Crippen molar-refractivity contribution in [3.05, 3.63) is 82.1 Å². The zero-order valence-electron chi connectivity index (χ0n) is 15.2. The van der Waals surface area contributed by atoms with Crippen molar-refractivity contribution < 1.29 is 4.39 Å². The molecule has 6 nitrogen and oxygen atoms in total. The first-order valence-corrected chi connectivity index (χ1v) is 9.55. The van der Waals surface area contributed by atoms with E-state index in [1.54, 1.807) is 18.5 Å². The Balaban J connectivity index is 1.55. The van der Waals surface area contributed by atoms with Gasteiger partial charge in [-0.05, 0) is 23.8 Å². The lowest BCUT2D eigenvalue weighted by atomic mass is 9.88. The average Bonchev–Trinajstić information content (AvgIpc) is 3.22. The molecular weight excluding hydrogens is 391 g/mol. The van der Waals surface area contributed by atoms with Gasteiger partial charge >= 0.3 is 0 Å². The van der Waals surface area contributed by atoms with E-state index in [4.69, 9.17) is 16.6 Å². The Hall–Kier alpha value is -3.32. The molecule has 0 fully saturated rings. The number of hydrogen-bond acceptors (Lipinski definition) is 5. The first kappa shape index (κ1) is 17.8. The van der Waals surface area contributed by atoms with E-state index in [1.165, 1.54) is 12.4 Å². The SMILES string of the molecule is Fc1ccccc1C1C=c2c(Cl)cccc2=NC1CNc1ncnc2nc[nH]c12. The molecule has 0 spiro atoms. The summed E-state index contributed by atoms with van der Waals surface area (Å²) in [7, 11) is 0. The fraction of sp³-hybridized carbons (Fsp3) is 0.143. The minimum Gasteiger partial charge on any atom is -0.366 e. The van der Waals surface area contributed by atoms with Crippen LogP contribution in [0.5, 0.6) is 0 Å². The van der Waals surface area contributed by atoms with E-state index in [9.17, 15) is 4.39 Å². The van der Waals surface area contributed by atoms with Gasteiger partial charge in [-0.2, -0.15) is 0 Å². The van der Waals surface area contributed by atoms with Crippen LogP contribution in [0.4, 0.5) is 10.2 Å². The number of nitrogens with one attached hydrogen (secondary N) is 2. The van der Waals surface area contributed by atoms with Crippen LogP contribution in [0.3, 0.4) is 0 Å². The van der Waals surface area contributed by atoms with Crippen LogP contribution >= 0.6 is 11.6 Å². The number of fused-ring (bicyclic) bond motifs is 2. The fourth-order valence-electron chi connectivity index (χ4n) is 3.67. The minimum atomic E-state index is -0.268. The van der Waals surface area contributed by atoms with Crippen molar-refractivity contribution in [3.8, 4) is 0 Å². The predicted octanol–water partition coefficient (Wildman–Crippen LogP) is 2.82. The van der Waals surface area contributed by atoms with Crippen LogP contribution in [0.25, 0.3) is 17.2 Å². The number of imidazole rings is 1. The number of anilines is 1. The van der Waals surface area contributed by atoms with Crippen LogP contribution in [0.1, 0.15) is 11.5 Å². The van der Waals surface area contributed by atoms with E-state index in [0.717, 1.165) is 16.1 Å². The summed E-state index contributed by atoms with van der Waals surface area (Å²) in [5, 5.41) is 5.55. The van der Waals surface area contributed by atoms with Crippen LogP contribution in [0.15, 0.2) is 60.1 Å². The first-order chi connectivity index (χ1) is 14.2. The second kappa shape index (κ2) is 7.25.